The molecule has 2 aromatic rings. The van der Waals surface area contributed by atoms with E-state index in [1.54, 1.807) is 44.2 Å². The van der Waals surface area contributed by atoms with Crippen LogP contribution in [0.3, 0.4) is 0 Å². The largest absolute Gasteiger partial charge is 0.354 e. The fourth-order valence-corrected chi connectivity index (χ4v) is 4.86. The zero-order chi connectivity index (χ0) is 26.3. The number of benzene rings is 2. The molecule has 0 radical (unpaired) electrons. The van der Waals surface area contributed by atoms with E-state index in [1.807, 2.05) is 19.9 Å². The van der Waals surface area contributed by atoms with Gasteiger partial charge in [-0.05, 0) is 56.5 Å². The third-order valence-electron chi connectivity index (χ3n) is 5.63. The number of aryl methyl sites for hydroxylation is 2. The Hall–Kier alpha value is -2.29. The van der Waals surface area contributed by atoms with Gasteiger partial charge in [-0.1, -0.05) is 60.3 Å². The normalized spacial score (nSPS) is 12.2. The number of amides is 2. The highest BCUT2D eigenvalue weighted by Crippen LogP contribution is 2.26. The van der Waals surface area contributed by atoms with Crippen LogP contribution in [-0.4, -0.2) is 50.5 Å². The predicted octanol–water partition coefficient (Wildman–Crippen LogP) is 4.71. The third kappa shape index (κ3) is 8.12. The fourth-order valence-electron chi connectivity index (χ4n) is 3.63. The molecule has 2 rings (SSSR count). The first kappa shape index (κ1) is 28.9. The number of sulfonamides is 1. The van der Waals surface area contributed by atoms with E-state index >= 15 is 0 Å². The van der Waals surface area contributed by atoms with Gasteiger partial charge in [-0.2, -0.15) is 0 Å². The molecule has 10 heteroatoms. The maximum Gasteiger partial charge on any atom is 0.244 e. The first-order chi connectivity index (χ1) is 16.3. The Morgan fingerprint density at radius 2 is 1.74 bits per heavy atom. The number of halogens is 2. The maximum atomic E-state index is 13.6. The Labute approximate surface area is 218 Å². The molecule has 0 saturated heterocycles. The molecule has 35 heavy (non-hydrogen) atoms. The highest BCUT2D eigenvalue weighted by molar-refractivity contribution is 7.92. The van der Waals surface area contributed by atoms with Crippen LogP contribution in [0.5, 0.6) is 0 Å². The number of unbranched alkanes of at least 4 members (excludes halogenated alkanes) is 1. The second-order valence-corrected chi connectivity index (χ2v) is 11.4. The zero-order valence-electron chi connectivity index (χ0n) is 20.8. The number of rotatable bonds is 11. The van der Waals surface area contributed by atoms with Gasteiger partial charge in [0, 0.05) is 13.1 Å². The summed E-state index contributed by atoms with van der Waals surface area (Å²) in [6.45, 7) is 7.44. The van der Waals surface area contributed by atoms with Crippen LogP contribution < -0.4 is 9.62 Å². The molecule has 0 saturated carbocycles. The lowest BCUT2D eigenvalue weighted by Crippen LogP contribution is -2.51. The van der Waals surface area contributed by atoms with Crippen LogP contribution in [0.4, 0.5) is 5.69 Å². The van der Waals surface area contributed by atoms with Crippen molar-refractivity contribution >= 4 is 50.7 Å². The number of anilines is 1. The molecule has 0 aromatic heterocycles. The van der Waals surface area contributed by atoms with E-state index < -0.39 is 28.5 Å². The molecule has 0 bridgehead atoms. The molecular formula is C25H33Cl2N3O4S. The van der Waals surface area contributed by atoms with Gasteiger partial charge < -0.3 is 10.2 Å². The van der Waals surface area contributed by atoms with Gasteiger partial charge in [0.2, 0.25) is 21.8 Å². The van der Waals surface area contributed by atoms with Gasteiger partial charge in [-0.25, -0.2) is 8.42 Å². The van der Waals surface area contributed by atoms with Gasteiger partial charge in [0.15, 0.2) is 0 Å². The smallest absolute Gasteiger partial charge is 0.244 e. The molecule has 1 unspecified atom stereocenters. The molecule has 2 amide bonds. The van der Waals surface area contributed by atoms with E-state index in [0.717, 1.165) is 34.5 Å². The molecule has 0 aliphatic carbocycles. The maximum absolute atomic E-state index is 13.6. The SMILES string of the molecule is CCCCNC(=O)C(C)N(Cc1ccc(Cl)c(Cl)c1)C(=O)CN(c1ccc(C)cc1C)S(C)(=O)=O. The van der Waals surface area contributed by atoms with Crippen molar-refractivity contribution in [1.29, 1.82) is 0 Å². The molecule has 0 fully saturated rings. The van der Waals surface area contributed by atoms with Crippen molar-refractivity contribution in [3.63, 3.8) is 0 Å². The zero-order valence-corrected chi connectivity index (χ0v) is 23.1. The summed E-state index contributed by atoms with van der Waals surface area (Å²) in [5.41, 5.74) is 2.79. The lowest BCUT2D eigenvalue weighted by molar-refractivity contribution is -0.139. The number of hydrogen-bond acceptors (Lipinski definition) is 4. The molecule has 1 N–H and O–H groups in total. The topological polar surface area (TPSA) is 86.8 Å². The molecule has 0 heterocycles. The van der Waals surface area contributed by atoms with Crippen LogP contribution in [-0.2, 0) is 26.2 Å². The monoisotopic (exact) mass is 541 g/mol. The van der Waals surface area contributed by atoms with Crippen molar-refractivity contribution in [1.82, 2.24) is 10.2 Å². The quantitative estimate of drug-likeness (QED) is 0.417. The summed E-state index contributed by atoms with van der Waals surface area (Å²) in [6.07, 6.45) is 2.79. The average Bonchev–Trinajstić information content (AvgIpc) is 2.77. The highest BCUT2D eigenvalue weighted by atomic mass is 35.5. The molecule has 2 aromatic carbocycles. The summed E-state index contributed by atoms with van der Waals surface area (Å²) < 4.78 is 26.5. The van der Waals surface area contributed by atoms with Crippen LogP contribution in [0.1, 0.15) is 43.4 Å². The second-order valence-electron chi connectivity index (χ2n) is 8.65. The van der Waals surface area contributed by atoms with E-state index in [4.69, 9.17) is 23.2 Å². The van der Waals surface area contributed by atoms with E-state index in [1.165, 1.54) is 4.90 Å². The van der Waals surface area contributed by atoms with Crippen molar-refractivity contribution in [2.75, 3.05) is 23.7 Å². The molecule has 0 aliphatic heterocycles. The van der Waals surface area contributed by atoms with Gasteiger partial charge in [0.1, 0.15) is 12.6 Å². The Morgan fingerprint density at radius 3 is 2.31 bits per heavy atom. The van der Waals surface area contributed by atoms with Crippen molar-refractivity contribution in [2.24, 2.45) is 0 Å². The Balaban J connectivity index is 2.40. The van der Waals surface area contributed by atoms with E-state index in [2.05, 4.69) is 5.32 Å². The van der Waals surface area contributed by atoms with E-state index in [9.17, 15) is 18.0 Å². The lowest BCUT2D eigenvalue weighted by Gasteiger charge is -2.32. The van der Waals surface area contributed by atoms with Crippen molar-refractivity contribution in [3.05, 3.63) is 63.1 Å². The molecule has 0 spiro atoms. The van der Waals surface area contributed by atoms with Crippen molar-refractivity contribution in [2.45, 2.75) is 53.1 Å². The van der Waals surface area contributed by atoms with Crippen molar-refractivity contribution < 1.29 is 18.0 Å². The summed E-state index contributed by atoms with van der Waals surface area (Å²) in [6, 6.07) is 9.46. The minimum Gasteiger partial charge on any atom is -0.354 e. The van der Waals surface area contributed by atoms with E-state index in [0.29, 0.717) is 27.8 Å². The molecule has 0 aliphatic rings. The molecule has 7 nitrogen and oxygen atoms in total. The molecule has 1 atom stereocenters. The van der Waals surface area contributed by atoms with Crippen LogP contribution in [0.2, 0.25) is 10.0 Å². The number of hydrogen-bond donors (Lipinski definition) is 1. The van der Waals surface area contributed by atoms with Crippen LogP contribution in [0, 0.1) is 13.8 Å². The number of carbonyl (C=O) groups is 2. The summed E-state index contributed by atoms with van der Waals surface area (Å²) in [4.78, 5) is 27.8. The Bertz CT molecular complexity index is 1170. The first-order valence-electron chi connectivity index (χ1n) is 11.4. The summed E-state index contributed by atoms with van der Waals surface area (Å²) in [7, 11) is -3.78. The summed E-state index contributed by atoms with van der Waals surface area (Å²) in [5.74, 6) is -0.830. The van der Waals surface area contributed by atoms with Gasteiger partial charge in [0.05, 0.1) is 22.0 Å². The van der Waals surface area contributed by atoms with Crippen LogP contribution >= 0.6 is 23.2 Å². The number of nitrogens with one attached hydrogen (secondary N) is 1. The molecule has 192 valence electrons. The predicted molar refractivity (Wildman–Crippen MR) is 142 cm³/mol. The Morgan fingerprint density at radius 1 is 1.06 bits per heavy atom. The van der Waals surface area contributed by atoms with Gasteiger partial charge in [0.25, 0.3) is 0 Å². The standard InChI is InChI=1S/C25H33Cl2N3O4S/c1-6-7-12-28-25(32)19(4)29(15-20-9-10-21(26)22(27)14-20)24(31)16-30(35(5,33)34)23-11-8-17(2)13-18(23)3/h8-11,13-14,19H,6-7,12,15-16H2,1-5H3,(H,28,32). The second kappa shape index (κ2) is 12.6. The minimum atomic E-state index is -3.78. The van der Waals surface area contributed by atoms with E-state index in [-0.39, 0.29) is 12.5 Å². The minimum absolute atomic E-state index is 0.0581. The van der Waals surface area contributed by atoms with Crippen LogP contribution in [0.25, 0.3) is 0 Å². The van der Waals surface area contributed by atoms with Crippen LogP contribution in [0.15, 0.2) is 36.4 Å². The highest BCUT2D eigenvalue weighted by Gasteiger charge is 2.30. The molecular weight excluding hydrogens is 509 g/mol. The van der Waals surface area contributed by atoms with Gasteiger partial charge >= 0.3 is 0 Å². The lowest BCUT2D eigenvalue weighted by atomic mass is 10.1. The van der Waals surface area contributed by atoms with Crippen molar-refractivity contribution in [3.8, 4) is 0 Å². The number of carbonyl (C=O) groups excluding carboxylic acids is 2. The Kier molecular flexibility index (Phi) is 10.4. The summed E-state index contributed by atoms with van der Waals surface area (Å²) in [5, 5.41) is 3.54. The van der Waals surface area contributed by atoms with Gasteiger partial charge in [-0.3, -0.25) is 13.9 Å². The number of nitrogens with zero attached hydrogens (tertiary/aromatic N) is 2. The average molecular weight is 543 g/mol. The van der Waals surface area contributed by atoms with Gasteiger partial charge in [-0.15, -0.1) is 0 Å². The fraction of sp³-hybridized carbons (Fsp3) is 0.440. The first-order valence-corrected chi connectivity index (χ1v) is 14.0. The summed E-state index contributed by atoms with van der Waals surface area (Å²) >= 11 is 12.2. The third-order valence-corrected chi connectivity index (χ3v) is 7.50.